The molecule has 0 fully saturated rings. The zero-order valence-corrected chi connectivity index (χ0v) is 12.9. The summed E-state index contributed by atoms with van der Waals surface area (Å²) in [5.74, 6) is 0.258. The number of rotatable bonds is 3. The number of hydrazone groups is 1. The molecule has 1 aromatic carbocycles. The van der Waals surface area contributed by atoms with Crippen LogP contribution < -0.4 is 5.43 Å². The first kappa shape index (κ1) is 15.2. The van der Waals surface area contributed by atoms with Crippen LogP contribution in [-0.2, 0) is 0 Å². The molecule has 3 nitrogen and oxygen atoms in total. The van der Waals surface area contributed by atoms with Gasteiger partial charge < -0.3 is 0 Å². The topological polar surface area (TPSA) is 41.5 Å². The average Bonchev–Trinajstić information content (AvgIpc) is 2.46. The predicted molar refractivity (Wildman–Crippen MR) is 87.4 cm³/mol. The Morgan fingerprint density at radius 2 is 2.05 bits per heavy atom. The smallest absolute Gasteiger partial charge is 0.267 e. The Hall–Kier alpha value is -2.16. The molecule has 0 bridgehead atoms. The second-order valence-corrected chi connectivity index (χ2v) is 5.68. The number of hydrogen-bond acceptors (Lipinski definition) is 2. The van der Waals surface area contributed by atoms with Gasteiger partial charge in [0.1, 0.15) is 0 Å². The maximum absolute atomic E-state index is 12.2. The van der Waals surface area contributed by atoms with Crippen LogP contribution in [0.2, 0.25) is 0 Å². The summed E-state index contributed by atoms with van der Waals surface area (Å²) in [6, 6.07) is 7.51. The number of carbonyl (C=O) groups is 1. The highest BCUT2D eigenvalue weighted by Gasteiger charge is 2.19. The molecule has 3 heteroatoms. The summed E-state index contributed by atoms with van der Waals surface area (Å²) in [7, 11) is 0. The van der Waals surface area contributed by atoms with E-state index in [9.17, 15) is 4.79 Å². The molecular formula is C18H22N2O. The molecule has 21 heavy (non-hydrogen) atoms. The van der Waals surface area contributed by atoms with E-state index in [-0.39, 0.29) is 5.91 Å². The van der Waals surface area contributed by atoms with E-state index in [0.29, 0.717) is 11.5 Å². The van der Waals surface area contributed by atoms with Gasteiger partial charge in [-0.3, -0.25) is 4.79 Å². The van der Waals surface area contributed by atoms with Crippen molar-refractivity contribution in [1.82, 2.24) is 5.43 Å². The minimum atomic E-state index is -0.161. The fraction of sp³-hybridized carbons (Fsp3) is 0.333. The van der Waals surface area contributed by atoms with Crippen molar-refractivity contribution in [3.63, 3.8) is 0 Å². The van der Waals surface area contributed by atoms with Gasteiger partial charge in [0.05, 0.1) is 5.71 Å². The van der Waals surface area contributed by atoms with Crippen molar-refractivity contribution in [2.24, 2.45) is 11.0 Å². The van der Waals surface area contributed by atoms with Crippen molar-refractivity contribution < 1.29 is 4.79 Å². The van der Waals surface area contributed by atoms with E-state index in [4.69, 9.17) is 0 Å². The highest BCUT2D eigenvalue weighted by atomic mass is 16.2. The number of amides is 1. The van der Waals surface area contributed by atoms with Crippen LogP contribution in [0, 0.1) is 12.8 Å². The summed E-state index contributed by atoms with van der Waals surface area (Å²) in [5.41, 5.74) is 7.53. The van der Waals surface area contributed by atoms with E-state index in [2.05, 4.69) is 23.2 Å². The summed E-state index contributed by atoms with van der Waals surface area (Å²) in [6.45, 7) is 10.0. The first-order valence-electron chi connectivity index (χ1n) is 7.24. The maximum atomic E-state index is 12.2. The number of hydrogen-bond donors (Lipinski definition) is 1. The lowest BCUT2D eigenvalue weighted by atomic mass is 9.85. The monoisotopic (exact) mass is 282 g/mol. The molecule has 0 saturated heterocycles. The molecular weight excluding hydrogens is 260 g/mol. The Kier molecular flexibility index (Phi) is 4.73. The van der Waals surface area contributed by atoms with Gasteiger partial charge in [-0.15, -0.1) is 0 Å². The average molecular weight is 282 g/mol. The van der Waals surface area contributed by atoms with Gasteiger partial charge in [-0.25, -0.2) is 5.43 Å². The minimum Gasteiger partial charge on any atom is -0.267 e. The van der Waals surface area contributed by atoms with Crippen molar-refractivity contribution in [2.75, 3.05) is 0 Å². The molecule has 1 N–H and O–H groups in total. The summed E-state index contributed by atoms with van der Waals surface area (Å²) in [5, 5.41) is 4.32. The zero-order chi connectivity index (χ0) is 15.4. The van der Waals surface area contributed by atoms with E-state index in [1.807, 2.05) is 45.0 Å². The summed E-state index contributed by atoms with van der Waals surface area (Å²) in [6.07, 6.45) is 4.01. The first-order valence-corrected chi connectivity index (χ1v) is 7.24. The van der Waals surface area contributed by atoms with E-state index in [1.54, 1.807) is 0 Å². The molecule has 0 radical (unpaired) electrons. The van der Waals surface area contributed by atoms with Gasteiger partial charge in [-0.1, -0.05) is 36.4 Å². The molecule has 1 amide bonds. The van der Waals surface area contributed by atoms with Crippen LogP contribution >= 0.6 is 0 Å². The molecule has 0 heterocycles. The van der Waals surface area contributed by atoms with Gasteiger partial charge in [0.25, 0.3) is 5.91 Å². The summed E-state index contributed by atoms with van der Waals surface area (Å²) < 4.78 is 0. The van der Waals surface area contributed by atoms with Gasteiger partial charge in [-0.05, 0) is 56.7 Å². The maximum Gasteiger partial charge on any atom is 0.271 e. The third kappa shape index (κ3) is 3.69. The van der Waals surface area contributed by atoms with Crippen LogP contribution in [0.4, 0.5) is 0 Å². The molecule has 1 unspecified atom stereocenters. The fourth-order valence-corrected chi connectivity index (χ4v) is 2.43. The van der Waals surface area contributed by atoms with E-state index >= 15 is 0 Å². The normalized spacial score (nSPS) is 20.0. The van der Waals surface area contributed by atoms with Crippen LogP contribution in [0.25, 0.3) is 0 Å². The largest absolute Gasteiger partial charge is 0.271 e. The third-order valence-corrected chi connectivity index (χ3v) is 3.98. The molecule has 1 atom stereocenters. The third-order valence-electron chi connectivity index (χ3n) is 3.98. The van der Waals surface area contributed by atoms with Gasteiger partial charge in [0.15, 0.2) is 0 Å². The molecule has 0 aromatic heterocycles. The zero-order valence-electron chi connectivity index (χ0n) is 12.9. The molecule has 0 aliphatic heterocycles. The number of benzene rings is 1. The Morgan fingerprint density at radius 1 is 1.33 bits per heavy atom. The van der Waals surface area contributed by atoms with Gasteiger partial charge in [-0.2, -0.15) is 5.10 Å². The van der Waals surface area contributed by atoms with Gasteiger partial charge in [0.2, 0.25) is 0 Å². The van der Waals surface area contributed by atoms with Crippen molar-refractivity contribution in [2.45, 2.75) is 33.6 Å². The Bertz CT molecular complexity index is 626. The van der Waals surface area contributed by atoms with Crippen LogP contribution in [0.5, 0.6) is 0 Å². The van der Waals surface area contributed by atoms with Gasteiger partial charge in [0, 0.05) is 5.56 Å². The van der Waals surface area contributed by atoms with E-state index < -0.39 is 0 Å². The van der Waals surface area contributed by atoms with Crippen molar-refractivity contribution in [1.29, 1.82) is 0 Å². The number of nitrogens with one attached hydrogen (secondary N) is 1. The number of carbonyl (C=O) groups excluding carboxylic acids is 1. The number of allylic oxidation sites excluding steroid dienone is 3. The van der Waals surface area contributed by atoms with Crippen molar-refractivity contribution in [3.05, 3.63) is 59.2 Å². The number of aryl methyl sites for hydroxylation is 1. The highest BCUT2D eigenvalue weighted by Crippen LogP contribution is 2.26. The second-order valence-electron chi connectivity index (χ2n) is 5.68. The molecule has 0 spiro atoms. The van der Waals surface area contributed by atoms with E-state index in [1.165, 1.54) is 0 Å². The minimum absolute atomic E-state index is 0.161. The second kappa shape index (κ2) is 6.53. The molecule has 2 rings (SSSR count). The molecule has 110 valence electrons. The standard InChI is InChI=1S/C18H22N2O/c1-12(2)15-10-9-14(4)17(11-15)19-20-18(21)16-8-6-5-7-13(16)3/h5-9,15H,1,10-11H2,2-4H3,(H,20,21)/b19-17+. The summed E-state index contributed by atoms with van der Waals surface area (Å²) >= 11 is 0. The van der Waals surface area contributed by atoms with Crippen LogP contribution in [-0.4, -0.2) is 11.6 Å². The van der Waals surface area contributed by atoms with Crippen LogP contribution in [0.3, 0.4) is 0 Å². The highest BCUT2D eigenvalue weighted by molar-refractivity contribution is 6.02. The summed E-state index contributed by atoms with van der Waals surface area (Å²) in [4.78, 5) is 12.2. The lowest BCUT2D eigenvalue weighted by molar-refractivity contribution is 0.0954. The quantitative estimate of drug-likeness (QED) is 0.660. The molecule has 1 aromatic rings. The molecule has 0 saturated carbocycles. The fourth-order valence-electron chi connectivity index (χ4n) is 2.43. The Balaban J connectivity index is 2.12. The van der Waals surface area contributed by atoms with Crippen molar-refractivity contribution in [3.8, 4) is 0 Å². The Morgan fingerprint density at radius 3 is 2.71 bits per heavy atom. The first-order chi connectivity index (χ1) is 9.99. The molecule has 1 aliphatic rings. The lowest BCUT2D eigenvalue weighted by Crippen LogP contribution is -2.23. The Labute approximate surface area is 126 Å². The van der Waals surface area contributed by atoms with Crippen molar-refractivity contribution >= 4 is 11.6 Å². The lowest BCUT2D eigenvalue weighted by Gasteiger charge is -2.22. The SMILES string of the molecule is C=C(C)C1CC=C(C)/C(=N/NC(=O)c2ccccc2C)C1. The number of nitrogens with zero attached hydrogens (tertiary/aromatic N) is 1. The van der Waals surface area contributed by atoms with Crippen LogP contribution in [0.15, 0.2) is 53.2 Å². The van der Waals surface area contributed by atoms with Gasteiger partial charge >= 0.3 is 0 Å². The predicted octanol–water partition coefficient (Wildman–Crippen LogP) is 4.01. The van der Waals surface area contributed by atoms with Crippen LogP contribution in [0.1, 0.15) is 42.6 Å². The van der Waals surface area contributed by atoms with E-state index in [0.717, 1.165) is 35.3 Å². The molecule has 1 aliphatic carbocycles.